The van der Waals surface area contributed by atoms with E-state index in [0.29, 0.717) is 12.0 Å². The average Bonchev–Trinajstić information content (AvgIpc) is 2.92. The summed E-state index contributed by atoms with van der Waals surface area (Å²) in [7, 11) is 2.07. The first-order valence-corrected chi connectivity index (χ1v) is 8.58. The van der Waals surface area contributed by atoms with Gasteiger partial charge in [0.15, 0.2) is 0 Å². The van der Waals surface area contributed by atoms with Gasteiger partial charge in [-0.1, -0.05) is 28.1 Å². The minimum atomic E-state index is -0.0298. The SMILES string of the molecule is CNC(c1cccc(Br)c1C)C1CCOC2(CCOC2)C1. The molecule has 1 aromatic rings. The Labute approximate surface area is 135 Å². The van der Waals surface area contributed by atoms with E-state index in [0.717, 1.165) is 39.1 Å². The number of halogens is 1. The first kappa shape index (κ1) is 15.5. The lowest BCUT2D eigenvalue weighted by molar-refractivity contribution is -0.103. The molecule has 2 aliphatic heterocycles. The Morgan fingerprint density at radius 2 is 2.24 bits per heavy atom. The second-order valence-electron chi connectivity index (χ2n) is 6.31. The highest BCUT2D eigenvalue weighted by Gasteiger charge is 2.43. The summed E-state index contributed by atoms with van der Waals surface area (Å²) in [5.41, 5.74) is 2.70. The maximum absolute atomic E-state index is 6.08. The van der Waals surface area contributed by atoms with Crippen molar-refractivity contribution in [2.45, 2.75) is 37.8 Å². The molecule has 2 heterocycles. The summed E-state index contributed by atoms with van der Waals surface area (Å²) in [5, 5.41) is 3.55. The summed E-state index contributed by atoms with van der Waals surface area (Å²) in [5.74, 6) is 0.596. The van der Waals surface area contributed by atoms with Gasteiger partial charge in [-0.25, -0.2) is 0 Å². The standard InChI is InChI=1S/C17H24BrNO2/c1-12-14(4-3-5-15(12)18)16(19-2)13-6-8-21-17(10-13)7-9-20-11-17/h3-5,13,16,19H,6-11H2,1-2H3. The lowest BCUT2D eigenvalue weighted by Gasteiger charge is -2.40. The zero-order valence-corrected chi connectivity index (χ0v) is 14.4. The van der Waals surface area contributed by atoms with Crippen molar-refractivity contribution in [3.8, 4) is 0 Å². The molecular formula is C17H24BrNO2. The smallest absolute Gasteiger partial charge is 0.0940 e. The summed E-state index contributed by atoms with van der Waals surface area (Å²) >= 11 is 3.65. The van der Waals surface area contributed by atoms with Crippen molar-refractivity contribution in [2.24, 2.45) is 5.92 Å². The summed E-state index contributed by atoms with van der Waals surface area (Å²) in [6, 6.07) is 6.87. The van der Waals surface area contributed by atoms with Crippen LogP contribution in [0.1, 0.15) is 36.4 Å². The normalized spacial score (nSPS) is 30.7. The van der Waals surface area contributed by atoms with Crippen molar-refractivity contribution in [2.75, 3.05) is 26.9 Å². The van der Waals surface area contributed by atoms with Gasteiger partial charge in [0.1, 0.15) is 0 Å². The molecular weight excluding hydrogens is 330 g/mol. The van der Waals surface area contributed by atoms with E-state index < -0.39 is 0 Å². The highest BCUT2D eigenvalue weighted by Crippen LogP contribution is 2.41. The first-order chi connectivity index (χ1) is 10.2. The molecule has 116 valence electrons. The molecule has 0 aromatic heterocycles. The maximum Gasteiger partial charge on any atom is 0.0940 e. The summed E-state index contributed by atoms with van der Waals surface area (Å²) in [4.78, 5) is 0. The fraction of sp³-hybridized carbons (Fsp3) is 0.647. The zero-order valence-electron chi connectivity index (χ0n) is 12.8. The number of benzene rings is 1. The van der Waals surface area contributed by atoms with E-state index in [1.54, 1.807) is 0 Å². The quantitative estimate of drug-likeness (QED) is 0.900. The van der Waals surface area contributed by atoms with Crippen molar-refractivity contribution in [1.82, 2.24) is 5.32 Å². The third kappa shape index (κ3) is 3.04. The van der Waals surface area contributed by atoms with Crippen LogP contribution >= 0.6 is 15.9 Å². The van der Waals surface area contributed by atoms with Crippen molar-refractivity contribution in [1.29, 1.82) is 0 Å². The zero-order chi connectivity index (χ0) is 14.9. The molecule has 3 nitrogen and oxygen atoms in total. The average molecular weight is 354 g/mol. The number of nitrogens with one attached hydrogen (secondary N) is 1. The Hall–Kier alpha value is -0.420. The van der Waals surface area contributed by atoms with E-state index in [4.69, 9.17) is 9.47 Å². The Morgan fingerprint density at radius 1 is 1.38 bits per heavy atom. The van der Waals surface area contributed by atoms with Crippen molar-refractivity contribution in [3.63, 3.8) is 0 Å². The van der Waals surface area contributed by atoms with Gasteiger partial charge in [-0.05, 0) is 49.9 Å². The summed E-state index contributed by atoms with van der Waals surface area (Å²) in [6.07, 6.45) is 3.24. The molecule has 0 saturated carbocycles. The molecule has 1 aromatic carbocycles. The predicted molar refractivity (Wildman–Crippen MR) is 87.5 cm³/mol. The number of ether oxygens (including phenoxy) is 2. The van der Waals surface area contributed by atoms with Gasteiger partial charge in [0.25, 0.3) is 0 Å². The number of hydrogen-bond acceptors (Lipinski definition) is 3. The van der Waals surface area contributed by atoms with Gasteiger partial charge >= 0.3 is 0 Å². The summed E-state index contributed by atoms with van der Waals surface area (Å²) in [6.45, 7) is 4.64. The molecule has 2 saturated heterocycles. The Morgan fingerprint density at radius 3 is 2.95 bits per heavy atom. The van der Waals surface area contributed by atoms with Gasteiger partial charge < -0.3 is 14.8 Å². The van der Waals surface area contributed by atoms with E-state index in [2.05, 4.69) is 53.4 Å². The van der Waals surface area contributed by atoms with Crippen LogP contribution in [0, 0.1) is 12.8 Å². The Kier molecular flexibility index (Phi) is 4.69. The molecule has 0 amide bonds. The molecule has 2 aliphatic rings. The number of hydrogen-bond donors (Lipinski definition) is 1. The fourth-order valence-corrected chi connectivity index (χ4v) is 4.20. The predicted octanol–water partition coefficient (Wildman–Crippen LogP) is 3.60. The van der Waals surface area contributed by atoms with Crippen LogP contribution in [-0.2, 0) is 9.47 Å². The van der Waals surface area contributed by atoms with Gasteiger partial charge in [-0.2, -0.15) is 0 Å². The molecule has 3 atom stereocenters. The largest absolute Gasteiger partial charge is 0.378 e. The number of rotatable bonds is 3. The highest BCUT2D eigenvalue weighted by atomic mass is 79.9. The Bertz CT molecular complexity index is 500. The van der Waals surface area contributed by atoms with Gasteiger partial charge in [-0.3, -0.25) is 0 Å². The van der Waals surface area contributed by atoms with Crippen LogP contribution in [0.2, 0.25) is 0 Å². The molecule has 2 fully saturated rings. The molecule has 3 rings (SSSR count). The van der Waals surface area contributed by atoms with Gasteiger partial charge in [0.05, 0.1) is 12.2 Å². The van der Waals surface area contributed by atoms with E-state index in [1.165, 1.54) is 15.6 Å². The molecule has 1 spiro atoms. The maximum atomic E-state index is 6.08. The van der Waals surface area contributed by atoms with Crippen LogP contribution in [0.25, 0.3) is 0 Å². The van der Waals surface area contributed by atoms with Crippen LogP contribution in [0.3, 0.4) is 0 Å². The monoisotopic (exact) mass is 353 g/mol. The minimum Gasteiger partial charge on any atom is -0.378 e. The van der Waals surface area contributed by atoms with Crippen molar-refractivity contribution in [3.05, 3.63) is 33.8 Å². The van der Waals surface area contributed by atoms with Crippen molar-refractivity contribution >= 4 is 15.9 Å². The third-order valence-corrected chi connectivity index (χ3v) is 5.88. The Balaban J connectivity index is 1.84. The van der Waals surface area contributed by atoms with Crippen LogP contribution in [-0.4, -0.2) is 32.5 Å². The minimum absolute atomic E-state index is 0.0298. The lowest BCUT2D eigenvalue weighted by Crippen LogP contribution is -2.43. The van der Waals surface area contributed by atoms with Gasteiger partial charge in [0.2, 0.25) is 0 Å². The molecule has 0 bridgehead atoms. The van der Waals surface area contributed by atoms with E-state index in [-0.39, 0.29) is 5.60 Å². The topological polar surface area (TPSA) is 30.5 Å². The second kappa shape index (κ2) is 6.37. The lowest BCUT2D eigenvalue weighted by atomic mass is 9.78. The highest BCUT2D eigenvalue weighted by molar-refractivity contribution is 9.10. The molecule has 3 unspecified atom stereocenters. The van der Waals surface area contributed by atoms with E-state index >= 15 is 0 Å². The van der Waals surface area contributed by atoms with Crippen LogP contribution < -0.4 is 5.32 Å². The molecule has 21 heavy (non-hydrogen) atoms. The molecule has 4 heteroatoms. The third-order valence-electron chi connectivity index (χ3n) is 5.03. The van der Waals surface area contributed by atoms with E-state index in [9.17, 15) is 0 Å². The molecule has 1 N–H and O–H groups in total. The molecule has 0 radical (unpaired) electrons. The summed E-state index contributed by atoms with van der Waals surface area (Å²) < 4.78 is 12.9. The molecule has 0 aliphatic carbocycles. The van der Waals surface area contributed by atoms with Gasteiger partial charge in [0, 0.05) is 30.1 Å². The fourth-order valence-electron chi connectivity index (χ4n) is 3.82. The second-order valence-corrected chi connectivity index (χ2v) is 7.16. The van der Waals surface area contributed by atoms with Crippen LogP contribution in [0.5, 0.6) is 0 Å². The first-order valence-electron chi connectivity index (χ1n) is 7.79. The van der Waals surface area contributed by atoms with E-state index in [1.807, 2.05) is 0 Å². The van der Waals surface area contributed by atoms with Crippen LogP contribution in [0.15, 0.2) is 22.7 Å². The van der Waals surface area contributed by atoms with Gasteiger partial charge in [-0.15, -0.1) is 0 Å². The van der Waals surface area contributed by atoms with Crippen LogP contribution in [0.4, 0.5) is 0 Å². The van der Waals surface area contributed by atoms with Crippen molar-refractivity contribution < 1.29 is 9.47 Å².